The standard InChI is InChI=1S/C20H20F3NO5/c21-20(22,23)29-17-3-1-2-16(12-17)28-15-6-4-14(5-7-15)18-13-24(10-11-27-18)9-8-19(25)26/h1-7,12,18H,8-11,13H2,(H,25,26). The first-order valence-corrected chi connectivity index (χ1v) is 8.98. The normalized spacial score (nSPS) is 17.7. The molecular formula is C20H20F3NO5. The monoisotopic (exact) mass is 411 g/mol. The van der Waals surface area contributed by atoms with Crippen LogP contribution < -0.4 is 9.47 Å². The van der Waals surface area contributed by atoms with Crippen molar-refractivity contribution in [2.45, 2.75) is 18.9 Å². The number of benzene rings is 2. The maximum absolute atomic E-state index is 12.3. The lowest BCUT2D eigenvalue weighted by Crippen LogP contribution is -2.39. The minimum atomic E-state index is -4.77. The van der Waals surface area contributed by atoms with E-state index in [4.69, 9.17) is 14.6 Å². The summed E-state index contributed by atoms with van der Waals surface area (Å²) in [6.07, 6.45) is -4.87. The molecular weight excluding hydrogens is 391 g/mol. The molecule has 0 amide bonds. The fourth-order valence-corrected chi connectivity index (χ4v) is 2.98. The van der Waals surface area contributed by atoms with E-state index < -0.39 is 12.3 Å². The van der Waals surface area contributed by atoms with E-state index in [-0.39, 0.29) is 24.0 Å². The van der Waals surface area contributed by atoms with Crippen molar-refractivity contribution < 1.29 is 37.3 Å². The molecule has 1 unspecified atom stereocenters. The fourth-order valence-electron chi connectivity index (χ4n) is 2.98. The summed E-state index contributed by atoms with van der Waals surface area (Å²) in [4.78, 5) is 12.8. The largest absolute Gasteiger partial charge is 0.573 e. The van der Waals surface area contributed by atoms with Crippen LogP contribution in [0, 0.1) is 0 Å². The molecule has 1 saturated heterocycles. The third-order valence-corrected chi connectivity index (χ3v) is 4.32. The van der Waals surface area contributed by atoms with Gasteiger partial charge >= 0.3 is 12.3 Å². The van der Waals surface area contributed by atoms with Crippen LogP contribution in [0.15, 0.2) is 48.5 Å². The molecule has 0 aliphatic carbocycles. The van der Waals surface area contributed by atoms with Gasteiger partial charge in [-0.2, -0.15) is 0 Å². The van der Waals surface area contributed by atoms with Crippen LogP contribution in [0.25, 0.3) is 0 Å². The average molecular weight is 411 g/mol. The first-order chi connectivity index (χ1) is 13.8. The Balaban J connectivity index is 1.60. The molecule has 29 heavy (non-hydrogen) atoms. The van der Waals surface area contributed by atoms with Gasteiger partial charge < -0.3 is 19.3 Å². The van der Waals surface area contributed by atoms with Crippen LogP contribution in [0.2, 0.25) is 0 Å². The predicted octanol–water partition coefficient (Wildman–Crippen LogP) is 4.23. The molecule has 1 aliphatic heterocycles. The minimum absolute atomic E-state index is 0.0800. The average Bonchev–Trinajstić information content (AvgIpc) is 2.66. The number of rotatable bonds is 7. The Kier molecular flexibility index (Phi) is 6.60. The molecule has 2 aromatic rings. The van der Waals surface area contributed by atoms with Crippen molar-refractivity contribution in [2.75, 3.05) is 26.2 Å². The maximum atomic E-state index is 12.3. The summed E-state index contributed by atoms with van der Waals surface area (Å²) in [5, 5.41) is 8.82. The van der Waals surface area contributed by atoms with Crippen LogP contribution in [0.4, 0.5) is 13.2 Å². The van der Waals surface area contributed by atoms with Crippen molar-refractivity contribution >= 4 is 5.97 Å². The van der Waals surface area contributed by atoms with Crippen LogP contribution in [0.5, 0.6) is 17.2 Å². The third kappa shape index (κ3) is 6.65. The summed E-state index contributed by atoms with van der Waals surface area (Å²) < 4.78 is 52.2. The molecule has 0 radical (unpaired) electrons. The Bertz CT molecular complexity index is 826. The molecule has 1 N–H and O–H groups in total. The van der Waals surface area contributed by atoms with Crippen molar-refractivity contribution in [3.8, 4) is 17.2 Å². The van der Waals surface area contributed by atoms with Gasteiger partial charge in [0.25, 0.3) is 0 Å². The van der Waals surface area contributed by atoms with E-state index in [1.165, 1.54) is 18.2 Å². The molecule has 0 aromatic heterocycles. The molecule has 3 rings (SSSR count). The van der Waals surface area contributed by atoms with Crippen molar-refractivity contribution in [3.63, 3.8) is 0 Å². The fraction of sp³-hybridized carbons (Fsp3) is 0.350. The Morgan fingerprint density at radius 3 is 2.55 bits per heavy atom. The van der Waals surface area contributed by atoms with E-state index in [9.17, 15) is 18.0 Å². The van der Waals surface area contributed by atoms with Gasteiger partial charge in [-0.15, -0.1) is 13.2 Å². The number of hydrogen-bond donors (Lipinski definition) is 1. The smallest absolute Gasteiger partial charge is 0.481 e. The molecule has 156 valence electrons. The van der Waals surface area contributed by atoms with E-state index in [0.717, 1.165) is 11.6 Å². The topological polar surface area (TPSA) is 68.2 Å². The van der Waals surface area contributed by atoms with Gasteiger partial charge in [0.15, 0.2) is 0 Å². The van der Waals surface area contributed by atoms with E-state index in [2.05, 4.69) is 4.74 Å². The molecule has 0 bridgehead atoms. The van der Waals surface area contributed by atoms with Gasteiger partial charge in [0.1, 0.15) is 17.2 Å². The number of carboxylic acids is 1. The van der Waals surface area contributed by atoms with Crippen molar-refractivity contribution in [1.82, 2.24) is 4.90 Å². The Labute approximate surface area is 165 Å². The zero-order valence-corrected chi connectivity index (χ0v) is 15.4. The van der Waals surface area contributed by atoms with Crippen LogP contribution >= 0.6 is 0 Å². The van der Waals surface area contributed by atoms with Crippen LogP contribution in [-0.4, -0.2) is 48.6 Å². The number of halogens is 3. The first kappa shape index (κ1) is 20.9. The lowest BCUT2D eigenvalue weighted by Gasteiger charge is -2.32. The van der Waals surface area contributed by atoms with Crippen LogP contribution in [0.1, 0.15) is 18.1 Å². The highest BCUT2D eigenvalue weighted by Crippen LogP contribution is 2.30. The number of carboxylic acid groups (broad SMARTS) is 1. The summed E-state index contributed by atoms with van der Waals surface area (Å²) in [7, 11) is 0. The second-order valence-corrected chi connectivity index (χ2v) is 6.50. The second kappa shape index (κ2) is 9.15. The van der Waals surface area contributed by atoms with E-state index in [1.807, 2.05) is 17.0 Å². The minimum Gasteiger partial charge on any atom is -0.481 e. The molecule has 1 atom stereocenters. The lowest BCUT2D eigenvalue weighted by molar-refractivity contribution is -0.274. The number of aliphatic carboxylic acids is 1. The van der Waals surface area contributed by atoms with Crippen molar-refractivity contribution in [1.29, 1.82) is 0 Å². The molecule has 0 saturated carbocycles. The number of carbonyl (C=O) groups is 1. The van der Waals surface area contributed by atoms with Crippen LogP contribution in [0.3, 0.4) is 0 Å². The van der Waals surface area contributed by atoms with Gasteiger partial charge in [0, 0.05) is 25.7 Å². The molecule has 6 nitrogen and oxygen atoms in total. The van der Waals surface area contributed by atoms with E-state index in [1.54, 1.807) is 12.1 Å². The van der Waals surface area contributed by atoms with Crippen molar-refractivity contribution in [3.05, 3.63) is 54.1 Å². The highest BCUT2D eigenvalue weighted by molar-refractivity contribution is 5.66. The number of alkyl halides is 3. The number of morpholine rings is 1. The Morgan fingerprint density at radius 2 is 1.86 bits per heavy atom. The van der Waals surface area contributed by atoms with Gasteiger partial charge in [-0.3, -0.25) is 9.69 Å². The predicted molar refractivity (Wildman–Crippen MR) is 97.0 cm³/mol. The highest BCUT2D eigenvalue weighted by Gasteiger charge is 2.31. The number of nitrogens with zero attached hydrogens (tertiary/aromatic N) is 1. The quantitative estimate of drug-likeness (QED) is 0.736. The zero-order chi connectivity index (χ0) is 20.9. The summed E-state index contributed by atoms with van der Waals surface area (Å²) >= 11 is 0. The molecule has 2 aromatic carbocycles. The van der Waals surface area contributed by atoms with Gasteiger partial charge in [-0.1, -0.05) is 18.2 Å². The molecule has 1 heterocycles. The van der Waals surface area contributed by atoms with Crippen molar-refractivity contribution in [2.24, 2.45) is 0 Å². The van der Waals surface area contributed by atoms with Gasteiger partial charge in [0.2, 0.25) is 0 Å². The maximum Gasteiger partial charge on any atom is 0.573 e. The summed E-state index contributed by atoms with van der Waals surface area (Å²) in [6, 6.07) is 12.3. The van der Waals surface area contributed by atoms with Gasteiger partial charge in [-0.05, 0) is 29.8 Å². The van der Waals surface area contributed by atoms with Gasteiger partial charge in [0.05, 0.1) is 19.1 Å². The SMILES string of the molecule is O=C(O)CCN1CCOC(c2ccc(Oc3cccc(OC(F)(F)F)c3)cc2)C1. The third-order valence-electron chi connectivity index (χ3n) is 4.32. The van der Waals surface area contributed by atoms with Gasteiger partial charge in [-0.25, -0.2) is 0 Å². The second-order valence-electron chi connectivity index (χ2n) is 6.50. The highest BCUT2D eigenvalue weighted by atomic mass is 19.4. The number of ether oxygens (including phenoxy) is 3. The van der Waals surface area contributed by atoms with Crippen LogP contribution in [-0.2, 0) is 9.53 Å². The molecule has 0 spiro atoms. The van der Waals surface area contributed by atoms with E-state index in [0.29, 0.717) is 32.0 Å². The summed E-state index contributed by atoms with van der Waals surface area (Å²) in [5.41, 5.74) is 0.909. The first-order valence-electron chi connectivity index (χ1n) is 8.98. The summed E-state index contributed by atoms with van der Waals surface area (Å²) in [6.45, 7) is 2.24. The Morgan fingerprint density at radius 1 is 1.14 bits per heavy atom. The summed E-state index contributed by atoms with van der Waals surface area (Å²) in [5.74, 6) is -0.521. The zero-order valence-electron chi connectivity index (χ0n) is 15.4. The lowest BCUT2D eigenvalue weighted by atomic mass is 10.1. The molecule has 1 fully saturated rings. The van der Waals surface area contributed by atoms with E-state index >= 15 is 0 Å². The molecule has 1 aliphatic rings. The number of hydrogen-bond acceptors (Lipinski definition) is 5. The Hall–Kier alpha value is -2.78. The molecule has 9 heteroatoms.